The molecule has 0 unspecified atom stereocenters. The largest absolute Gasteiger partial charge is 0.309 e. The molecular weight excluding hydrogens is 208 g/mol. The quantitative estimate of drug-likeness (QED) is 0.857. The number of fused-ring (bicyclic) bond motifs is 1. The molecule has 0 atom stereocenters. The van der Waals surface area contributed by atoms with E-state index in [1.807, 2.05) is 0 Å². The molecule has 1 saturated heterocycles. The van der Waals surface area contributed by atoms with Crippen LogP contribution in [0.1, 0.15) is 36.0 Å². The van der Waals surface area contributed by atoms with Gasteiger partial charge in [-0.3, -0.25) is 0 Å². The van der Waals surface area contributed by atoms with Crippen LogP contribution in [0, 0.1) is 0 Å². The molecule has 1 fully saturated rings. The van der Waals surface area contributed by atoms with Gasteiger partial charge in [-0.25, -0.2) is 0 Å². The number of benzene rings is 1. The van der Waals surface area contributed by atoms with Gasteiger partial charge in [0.2, 0.25) is 0 Å². The first kappa shape index (κ1) is 11.2. The van der Waals surface area contributed by atoms with Crippen LogP contribution in [0.3, 0.4) is 0 Å². The minimum absolute atomic E-state index is 1.06. The van der Waals surface area contributed by atoms with Crippen molar-refractivity contribution in [3.05, 3.63) is 34.9 Å². The Bertz CT molecular complexity index is 381. The zero-order chi connectivity index (χ0) is 11.5. The van der Waals surface area contributed by atoms with Crippen LogP contribution in [0.2, 0.25) is 0 Å². The summed E-state index contributed by atoms with van der Waals surface area (Å²) >= 11 is 0. The Morgan fingerprint density at radius 1 is 1.00 bits per heavy atom. The van der Waals surface area contributed by atoms with Crippen LogP contribution in [-0.4, -0.2) is 24.5 Å². The molecule has 0 bridgehead atoms. The molecule has 1 N–H and O–H groups in total. The summed E-state index contributed by atoms with van der Waals surface area (Å²) in [7, 11) is 0. The maximum absolute atomic E-state index is 3.41. The Kier molecular flexibility index (Phi) is 3.44. The number of hydrogen-bond acceptors (Lipinski definition) is 2. The van der Waals surface area contributed by atoms with E-state index in [1.54, 1.807) is 0 Å². The monoisotopic (exact) mass is 230 g/mol. The van der Waals surface area contributed by atoms with Crippen molar-refractivity contribution in [3.8, 4) is 0 Å². The number of hydrogen-bond donors (Lipinski definition) is 1. The lowest BCUT2D eigenvalue weighted by molar-refractivity contribution is 0.231. The second-order valence-electron chi connectivity index (χ2n) is 5.36. The van der Waals surface area contributed by atoms with Crippen molar-refractivity contribution in [2.45, 2.75) is 38.8 Å². The fourth-order valence-electron chi connectivity index (χ4n) is 2.97. The van der Waals surface area contributed by atoms with Crippen LogP contribution in [0.15, 0.2) is 18.2 Å². The van der Waals surface area contributed by atoms with Crippen LogP contribution < -0.4 is 5.32 Å². The molecule has 0 radical (unpaired) electrons. The van der Waals surface area contributed by atoms with Crippen molar-refractivity contribution in [1.82, 2.24) is 10.2 Å². The summed E-state index contributed by atoms with van der Waals surface area (Å²) in [5.74, 6) is 0. The van der Waals surface area contributed by atoms with Crippen LogP contribution in [0.4, 0.5) is 0 Å². The molecule has 2 aliphatic rings. The minimum Gasteiger partial charge on any atom is -0.309 e. The highest BCUT2D eigenvalue weighted by molar-refractivity contribution is 5.34. The van der Waals surface area contributed by atoms with E-state index in [1.165, 1.54) is 62.0 Å². The maximum Gasteiger partial charge on any atom is 0.0212 e. The van der Waals surface area contributed by atoms with Gasteiger partial charge in [0.05, 0.1) is 0 Å². The smallest absolute Gasteiger partial charge is 0.0212 e. The zero-order valence-electron chi connectivity index (χ0n) is 10.5. The summed E-state index contributed by atoms with van der Waals surface area (Å²) in [6.45, 7) is 5.99. The molecule has 0 aliphatic carbocycles. The second kappa shape index (κ2) is 5.19. The highest BCUT2D eigenvalue weighted by atomic mass is 15.1. The Balaban J connectivity index is 1.57. The molecule has 92 valence electrons. The van der Waals surface area contributed by atoms with Gasteiger partial charge in [-0.1, -0.05) is 24.6 Å². The predicted molar refractivity (Wildman–Crippen MR) is 71.0 cm³/mol. The molecule has 0 saturated carbocycles. The first-order valence-electron chi connectivity index (χ1n) is 6.95. The summed E-state index contributed by atoms with van der Waals surface area (Å²) in [6, 6.07) is 7.02. The first-order valence-corrected chi connectivity index (χ1v) is 6.95. The number of piperidine rings is 1. The molecule has 2 heterocycles. The van der Waals surface area contributed by atoms with E-state index < -0.39 is 0 Å². The topological polar surface area (TPSA) is 15.3 Å². The fourth-order valence-corrected chi connectivity index (χ4v) is 2.97. The van der Waals surface area contributed by atoms with Gasteiger partial charge in [-0.2, -0.15) is 0 Å². The summed E-state index contributed by atoms with van der Waals surface area (Å²) < 4.78 is 0. The highest BCUT2D eigenvalue weighted by Gasteiger charge is 2.12. The van der Waals surface area contributed by atoms with E-state index in [0.29, 0.717) is 0 Å². The third-order valence-corrected chi connectivity index (χ3v) is 4.07. The Morgan fingerprint density at radius 2 is 1.82 bits per heavy atom. The van der Waals surface area contributed by atoms with Gasteiger partial charge in [0.1, 0.15) is 0 Å². The lowest BCUT2D eigenvalue weighted by Crippen LogP contribution is -2.31. The van der Waals surface area contributed by atoms with Gasteiger partial charge in [0, 0.05) is 19.6 Å². The van der Waals surface area contributed by atoms with Gasteiger partial charge < -0.3 is 10.2 Å². The average molecular weight is 230 g/mol. The van der Waals surface area contributed by atoms with Crippen molar-refractivity contribution < 1.29 is 0 Å². The minimum atomic E-state index is 1.06. The van der Waals surface area contributed by atoms with E-state index in [4.69, 9.17) is 0 Å². The van der Waals surface area contributed by atoms with E-state index in [-0.39, 0.29) is 0 Å². The summed E-state index contributed by atoms with van der Waals surface area (Å²) in [5, 5.41) is 3.41. The van der Waals surface area contributed by atoms with Gasteiger partial charge in [-0.05, 0) is 49.0 Å². The predicted octanol–water partition coefficient (Wildman–Crippen LogP) is 2.32. The van der Waals surface area contributed by atoms with Crippen LogP contribution in [0.5, 0.6) is 0 Å². The number of nitrogens with zero attached hydrogens (tertiary/aromatic N) is 1. The molecule has 3 rings (SSSR count). The van der Waals surface area contributed by atoms with Crippen molar-refractivity contribution in [2.24, 2.45) is 0 Å². The van der Waals surface area contributed by atoms with Gasteiger partial charge in [-0.15, -0.1) is 0 Å². The fraction of sp³-hybridized carbons (Fsp3) is 0.600. The molecule has 2 nitrogen and oxygen atoms in total. The second-order valence-corrected chi connectivity index (χ2v) is 5.36. The lowest BCUT2D eigenvalue weighted by Gasteiger charge is -2.26. The Hall–Kier alpha value is -0.860. The standard InChI is InChI=1S/C15H22N2/c1-2-7-17(8-3-1)9-6-13-4-5-14-11-16-12-15(14)10-13/h4-5,10,16H,1-3,6-9,11-12H2. The maximum atomic E-state index is 3.41. The Morgan fingerprint density at radius 3 is 2.71 bits per heavy atom. The van der Waals surface area contributed by atoms with Crippen LogP contribution >= 0.6 is 0 Å². The molecule has 17 heavy (non-hydrogen) atoms. The third kappa shape index (κ3) is 2.70. The molecule has 1 aromatic carbocycles. The van der Waals surface area contributed by atoms with E-state index >= 15 is 0 Å². The molecule has 2 aliphatic heterocycles. The SMILES string of the molecule is c1cc2c(cc1CCN1CCCCC1)CNC2. The van der Waals surface area contributed by atoms with E-state index in [0.717, 1.165) is 13.1 Å². The summed E-state index contributed by atoms with van der Waals surface area (Å²) in [4.78, 5) is 2.62. The van der Waals surface area contributed by atoms with Crippen LogP contribution in [0.25, 0.3) is 0 Å². The van der Waals surface area contributed by atoms with Gasteiger partial charge >= 0.3 is 0 Å². The molecule has 2 heteroatoms. The van der Waals surface area contributed by atoms with Crippen molar-refractivity contribution in [2.75, 3.05) is 19.6 Å². The van der Waals surface area contributed by atoms with Crippen molar-refractivity contribution >= 4 is 0 Å². The van der Waals surface area contributed by atoms with Gasteiger partial charge in [0.25, 0.3) is 0 Å². The molecule has 0 aromatic heterocycles. The highest BCUT2D eigenvalue weighted by Crippen LogP contribution is 2.18. The molecule has 0 spiro atoms. The van der Waals surface area contributed by atoms with E-state index in [9.17, 15) is 0 Å². The normalized spacial score (nSPS) is 20.5. The summed E-state index contributed by atoms with van der Waals surface area (Å²) in [5.41, 5.74) is 4.52. The molecule has 1 aromatic rings. The number of likely N-dealkylation sites (tertiary alicyclic amines) is 1. The average Bonchev–Trinajstić information content (AvgIpc) is 2.85. The van der Waals surface area contributed by atoms with Gasteiger partial charge in [0.15, 0.2) is 0 Å². The zero-order valence-corrected chi connectivity index (χ0v) is 10.5. The third-order valence-electron chi connectivity index (χ3n) is 4.07. The lowest BCUT2D eigenvalue weighted by atomic mass is 10.0. The molecule has 0 amide bonds. The molecular formula is C15H22N2. The van der Waals surface area contributed by atoms with E-state index in [2.05, 4.69) is 28.4 Å². The summed E-state index contributed by atoms with van der Waals surface area (Å²) in [6.07, 6.45) is 5.44. The first-order chi connectivity index (χ1) is 8.42. The number of nitrogens with one attached hydrogen (secondary N) is 1. The Labute approximate surface area is 104 Å². The van der Waals surface area contributed by atoms with Crippen molar-refractivity contribution in [3.63, 3.8) is 0 Å². The van der Waals surface area contributed by atoms with Crippen molar-refractivity contribution in [1.29, 1.82) is 0 Å². The number of rotatable bonds is 3. The van der Waals surface area contributed by atoms with Crippen LogP contribution in [-0.2, 0) is 19.5 Å².